The molecule has 28 heavy (non-hydrogen) atoms. The summed E-state index contributed by atoms with van der Waals surface area (Å²) < 4.78 is 5.20. The number of nitrogens with zero attached hydrogens (tertiary/aromatic N) is 5. The molecule has 4 rings (SSSR count). The molecule has 3 aromatic rings. The quantitative estimate of drug-likeness (QED) is 0.722. The number of benzene rings is 1. The Labute approximate surface area is 167 Å². The molecule has 1 amide bonds. The van der Waals surface area contributed by atoms with Gasteiger partial charge >= 0.3 is 0 Å². The number of furan rings is 1. The van der Waals surface area contributed by atoms with E-state index in [4.69, 9.17) is 16.0 Å². The zero-order valence-electron chi connectivity index (χ0n) is 15.3. The predicted molar refractivity (Wildman–Crippen MR) is 106 cm³/mol. The molecule has 1 aromatic carbocycles. The molecule has 1 fully saturated rings. The van der Waals surface area contributed by atoms with Gasteiger partial charge in [-0.1, -0.05) is 17.7 Å². The Morgan fingerprint density at radius 2 is 2.04 bits per heavy atom. The molecule has 0 spiro atoms. The molecule has 9 heteroatoms. The van der Waals surface area contributed by atoms with Crippen LogP contribution in [0.1, 0.15) is 16.1 Å². The van der Waals surface area contributed by atoms with Crippen LogP contribution in [0.2, 0.25) is 5.02 Å². The van der Waals surface area contributed by atoms with Gasteiger partial charge in [-0.25, -0.2) is 0 Å². The molecule has 0 bridgehead atoms. The minimum Gasteiger partial charge on any atom is -0.459 e. The van der Waals surface area contributed by atoms with Crippen LogP contribution in [0.4, 0.5) is 17.5 Å². The average molecular weight is 399 g/mol. The average Bonchev–Trinajstić information content (AvgIpc) is 3.25. The van der Waals surface area contributed by atoms with E-state index in [1.54, 1.807) is 23.2 Å². The molecule has 0 aliphatic carbocycles. The number of aryl methyl sites for hydroxylation is 1. The maximum absolute atomic E-state index is 12.4. The summed E-state index contributed by atoms with van der Waals surface area (Å²) in [5.41, 5.74) is 1.86. The Kier molecular flexibility index (Phi) is 5.12. The predicted octanol–water partition coefficient (Wildman–Crippen LogP) is 3.13. The zero-order valence-corrected chi connectivity index (χ0v) is 16.1. The molecule has 1 N–H and O–H groups in total. The van der Waals surface area contributed by atoms with E-state index in [1.165, 1.54) is 6.26 Å². The van der Waals surface area contributed by atoms with Crippen molar-refractivity contribution in [1.29, 1.82) is 0 Å². The highest BCUT2D eigenvalue weighted by atomic mass is 35.5. The minimum absolute atomic E-state index is 0.0933. The van der Waals surface area contributed by atoms with E-state index in [2.05, 4.69) is 25.4 Å². The summed E-state index contributed by atoms with van der Waals surface area (Å²) >= 11 is 6.07. The van der Waals surface area contributed by atoms with E-state index in [0.29, 0.717) is 48.7 Å². The van der Waals surface area contributed by atoms with Crippen molar-refractivity contribution in [2.75, 3.05) is 36.4 Å². The molecule has 1 aliphatic rings. The van der Waals surface area contributed by atoms with Gasteiger partial charge in [0.15, 0.2) is 11.6 Å². The van der Waals surface area contributed by atoms with Crippen molar-refractivity contribution in [1.82, 2.24) is 20.1 Å². The van der Waals surface area contributed by atoms with Crippen molar-refractivity contribution in [3.8, 4) is 0 Å². The third-order valence-corrected chi connectivity index (χ3v) is 4.85. The molecular formula is C19H19ClN6O2. The molecule has 0 atom stereocenters. The number of aromatic nitrogens is 3. The molecule has 0 unspecified atom stereocenters. The van der Waals surface area contributed by atoms with Crippen LogP contribution >= 0.6 is 11.6 Å². The van der Waals surface area contributed by atoms with Crippen LogP contribution in [-0.2, 0) is 0 Å². The van der Waals surface area contributed by atoms with Gasteiger partial charge < -0.3 is 19.5 Å². The van der Waals surface area contributed by atoms with Crippen molar-refractivity contribution >= 4 is 35.0 Å². The van der Waals surface area contributed by atoms with E-state index in [1.807, 2.05) is 25.1 Å². The summed E-state index contributed by atoms with van der Waals surface area (Å²) in [6, 6.07) is 8.98. The lowest BCUT2D eigenvalue weighted by Crippen LogP contribution is -2.49. The molecule has 1 saturated heterocycles. The fourth-order valence-electron chi connectivity index (χ4n) is 3.04. The van der Waals surface area contributed by atoms with Gasteiger partial charge in [0.05, 0.1) is 12.5 Å². The number of nitrogens with one attached hydrogen (secondary N) is 1. The van der Waals surface area contributed by atoms with Gasteiger partial charge in [0, 0.05) is 36.9 Å². The van der Waals surface area contributed by atoms with Gasteiger partial charge in [-0.2, -0.15) is 10.1 Å². The molecule has 0 radical (unpaired) electrons. The number of rotatable bonds is 4. The van der Waals surface area contributed by atoms with Crippen molar-refractivity contribution < 1.29 is 9.21 Å². The standard InChI is InChI=1S/C19H19ClN6O2/c1-13-4-5-14(20)11-15(13)22-19-23-17(12-21-24-19)25-6-8-26(9-7-25)18(27)16-3-2-10-28-16/h2-5,10-12H,6-9H2,1H3,(H,22,23,24). The van der Waals surface area contributed by atoms with Gasteiger partial charge in [-0.15, -0.1) is 5.10 Å². The summed E-state index contributed by atoms with van der Waals surface area (Å²) in [5.74, 6) is 1.38. The Hall–Kier alpha value is -3.13. The van der Waals surface area contributed by atoms with Crippen molar-refractivity contribution in [3.63, 3.8) is 0 Å². The lowest BCUT2D eigenvalue weighted by Gasteiger charge is -2.34. The zero-order chi connectivity index (χ0) is 19.5. The normalized spacial score (nSPS) is 14.2. The fraction of sp³-hybridized carbons (Fsp3) is 0.263. The summed E-state index contributed by atoms with van der Waals surface area (Å²) in [6.45, 7) is 4.45. The van der Waals surface area contributed by atoms with E-state index >= 15 is 0 Å². The number of anilines is 3. The third kappa shape index (κ3) is 3.91. The molecule has 144 valence electrons. The maximum atomic E-state index is 12.4. The number of amides is 1. The molecule has 2 aromatic heterocycles. The smallest absolute Gasteiger partial charge is 0.289 e. The summed E-state index contributed by atoms with van der Waals surface area (Å²) in [4.78, 5) is 20.8. The van der Waals surface area contributed by atoms with E-state index in [-0.39, 0.29) is 5.91 Å². The topological polar surface area (TPSA) is 87.4 Å². The molecule has 1 aliphatic heterocycles. The highest BCUT2D eigenvalue weighted by Crippen LogP contribution is 2.23. The van der Waals surface area contributed by atoms with E-state index in [9.17, 15) is 4.79 Å². The fourth-order valence-corrected chi connectivity index (χ4v) is 3.22. The van der Waals surface area contributed by atoms with Crippen LogP contribution in [-0.4, -0.2) is 52.2 Å². The number of carbonyl (C=O) groups excluding carboxylic acids is 1. The van der Waals surface area contributed by atoms with Crippen molar-refractivity contribution in [3.05, 3.63) is 59.1 Å². The number of halogens is 1. The highest BCUT2D eigenvalue weighted by Gasteiger charge is 2.24. The monoisotopic (exact) mass is 398 g/mol. The highest BCUT2D eigenvalue weighted by molar-refractivity contribution is 6.30. The Bertz CT molecular complexity index is 970. The van der Waals surface area contributed by atoms with Crippen molar-refractivity contribution in [2.45, 2.75) is 6.92 Å². The third-order valence-electron chi connectivity index (χ3n) is 4.62. The lowest BCUT2D eigenvalue weighted by molar-refractivity contribution is 0.0714. The molecular weight excluding hydrogens is 380 g/mol. The molecule has 3 heterocycles. The van der Waals surface area contributed by atoms with Gasteiger partial charge in [-0.3, -0.25) is 4.79 Å². The van der Waals surface area contributed by atoms with Gasteiger partial charge in [0.25, 0.3) is 5.91 Å². The Morgan fingerprint density at radius 1 is 1.21 bits per heavy atom. The second-order valence-corrected chi connectivity index (χ2v) is 6.92. The van der Waals surface area contributed by atoms with Crippen LogP contribution in [0, 0.1) is 6.92 Å². The first kappa shape index (κ1) is 18.2. The van der Waals surface area contributed by atoms with E-state index < -0.39 is 0 Å². The first-order chi connectivity index (χ1) is 13.6. The summed E-state index contributed by atoms with van der Waals surface area (Å²) in [7, 11) is 0. The number of carbonyl (C=O) groups is 1. The molecule has 0 saturated carbocycles. The SMILES string of the molecule is Cc1ccc(Cl)cc1Nc1nncc(N2CCN(C(=O)c3ccco3)CC2)n1. The number of hydrogen-bond acceptors (Lipinski definition) is 7. The maximum Gasteiger partial charge on any atom is 0.289 e. The summed E-state index contributed by atoms with van der Waals surface area (Å²) in [6.07, 6.45) is 3.13. The van der Waals surface area contributed by atoms with Crippen LogP contribution in [0.3, 0.4) is 0 Å². The first-order valence-electron chi connectivity index (χ1n) is 8.91. The van der Waals surface area contributed by atoms with Crippen LogP contribution < -0.4 is 10.2 Å². The van der Waals surface area contributed by atoms with E-state index in [0.717, 1.165) is 11.3 Å². The van der Waals surface area contributed by atoms with Crippen molar-refractivity contribution in [2.24, 2.45) is 0 Å². The largest absolute Gasteiger partial charge is 0.459 e. The van der Waals surface area contributed by atoms with Crippen LogP contribution in [0.15, 0.2) is 47.2 Å². The minimum atomic E-state index is -0.0933. The lowest BCUT2D eigenvalue weighted by atomic mass is 10.2. The number of piperazine rings is 1. The van der Waals surface area contributed by atoms with Gasteiger partial charge in [0.1, 0.15) is 0 Å². The molecule has 8 nitrogen and oxygen atoms in total. The Morgan fingerprint density at radius 3 is 2.79 bits per heavy atom. The van der Waals surface area contributed by atoms with Gasteiger partial charge in [-0.05, 0) is 36.8 Å². The van der Waals surface area contributed by atoms with Crippen LogP contribution in [0.25, 0.3) is 0 Å². The number of hydrogen-bond donors (Lipinski definition) is 1. The first-order valence-corrected chi connectivity index (χ1v) is 9.28. The second-order valence-electron chi connectivity index (χ2n) is 6.48. The van der Waals surface area contributed by atoms with Gasteiger partial charge in [0.2, 0.25) is 5.95 Å². The summed E-state index contributed by atoms with van der Waals surface area (Å²) in [5, 5.41) is 11.9. The van der Waals surface area contributed by atoms with Crippen LogP contribution in [0.5, 0.6) is 0 Å². The Balaban J connectivity index is 1.42. The second kappa shape index (κ2) is 7.85.